The van der Waals surface area contributed by atoms with Gasteiger partial charge in [-0.3, -0.25) is 9.69 Å². The lowest BCUT2D eigenvalue weighted by Gasteiger charge is -2.12. The van der Waals surface area contributed by atoms with E-state index in [-0.39, 0.29) is 0 Å². The third-order valence-electron chi connectivity index (χ3n) is 2.66. The Labute approximate surface area is 127 Å². The Balaban J connectivity index is 1.98. The summed E-state index contributed by atoms with van der Waals surface area (Å²) in [6.07, 6.45) is 0.580. The molecule has 2 aromatic heterocycles. The van der Waals surface area contributed by atoms with E-state index in [0.29, 0.717) is 22.2 Å². The summed E-state index contributed by atoms with van der Waals surface area (Å²) in [5.74, 6) is -0.424. The van der Waals surface area contributed by atoms with E-state index in [1.165, 1.54) is 46.0 Å². The molecule has 0 fully saturated rings. The number of hydrogen-bond acceptors (Lipinski definition) is 7. The van der Waals surface area contributed by atoms with Crippen molar-refractivity contribution in [3.63, 3.8) is 0 Å². The zero-order valence-electron chi connectivity index (χ0n) is 10.7. The van der Waals surface area contributed by atoms with E-state index in [2.05, 4.69) is 19.8 Å². The minimum atomic E-state index is -0.424. The average molecular weight is 321 g/mol. The predicted molar refractivity (Wildman–Crippen MR) is 78.2 cm³/mol. The summed E-state index contributed by atoms with van der Waals surface area (Å²) in [5.41, 5.74) is 1.15. The fourth-order valence-electron chi connectivity index (χ4n) is 1.67. The molecular weight excluding hydrogens is 313 g/mol. The molecule has 3 aromatic rings. The molecule has 0 saturated carbocycles. The first kappa shape index (κ1) is 13.7. The number of hydrogen-bond donors (Lipinski definition) is 0. The Kier molecular flexibility index (Phi) is 3.67. The van der Waals surface area contributed by atoms with Gasteiger partial charge < -0.3 is 0 Å². The van der Waals surface area contributed by atoms with Gasteiger partial charge >= 0.3 is 0 Å². The van der Waals surface area contributed by atoms with Gasteiger partial charge in [0.25, 0.3) is 0 Å². The molecule has 1 aromatic carbocycles. The molecule has 9 heteroatoms. The molecule has 0 aliphatic carbocycles. The number of anilines is 2. The van der Waals surface area contributed by atoms with Gasteiger partial charge in [-0.2, -0.15) is 0 Å². The second kappa shape index (κ2) is 5.62. The summed E-state index contributed by atoms with van der Waals surface area (Å²) < 4.78 is 17.1. The molecule has 0 N–H and O–H groups in total. The summed E-state index contributed by atoms with van der Waals surface area (Å²) in [7, 11) is 0. The van der Waals surface area contributed by atoms with Crippen molar-refractivity contribution in [2.45, 2.75) is 6.92 Å². The molecular formula is C12H8FN5OS2. The topological polar surface area (TPSA) is 71.9 Å². The van der Waals surface area contributed by atoms with E-state index in [1.807, 2.05) is 6.92 Å². The highest BCUT2D eigenvalue weighted by molar-refractivity contribution is 7.22. The fraction of sp³-hybridized carbons (Fsp3) is 0.0833. The van der Waals surface area contributed by atoms with Gasteiger partial charge in [0.2, 0.25) is 11.5 Å². The summed E-state index contributed by atoms with van der Waals surface area (Å²) in [6.45, 7) is 1.82. The monoisotopic (exact) mass is 321 g/mol. The maximum atomic E-state index is 13.3. The quantitative estimate of drug-likeness (QED) is 0.691. The highest BCUT2D eigenvalue weighted by atomic mass is 32.1. The van der Waals surface area contributed by atoms with E-state index >= 15 is 0 Å². The van der Waals surface area contributed by atoms with Crippen LogP contribution in [0.2, 0.25) is 0 Å². The lowest BCUT2D eigenvalue weighted by atomic mass is 10.3. The van der Waals surface area contributed by atoms with Crippen LogP contribution in [0.15, 0.2) is 24.3 Å². The van der Waals surface area contributed by atoms with E-state index < -0.39 is 5.82 Å². The number of halogens is 1. The first-order valence-electron chi connectivity index (χ1n) is 5.82. The SMILES string of the molecule is Cc1nnsc1-c1nnc(N(C=O)c2cccc(F)c2)s1. The Morgan fingerprint density at radius 2 is 2.14 bits per heavy atom. The van der Waals surface area contributed by atoms with Crippen LogP contribution in [0.25, 0.3) is 9.88 Å². The Bertz CT molecular complexity index is 787. The van der Waals surface area contributed by atoms with Gasteiger partial charge in [0.15, 0.2) is 5.01 Å². The molecule has 1 amide bonds. The Hall–Kier alpha value is -2.26. The lowest BCUT2D eigenvalue weighted by Crippen LogP contribution is -2.13. The highest BCUT2D eigenvalue weighted by Gasteiger charge is 2.18. The molecule has 21 heavy (non-hydrogen) atoms. The third-order valence-corrected chi connectivity index (χ3v) is 4.56. The van der Waals surface area contributed by atoms with E-state index in [0.717, 1.165) is 10.6 Å². The number of amides is 1. The zero-order valence-corrected chi connectivity index (χ0v) is 12.4. The zero-order chi connectivity index (χ0) is 14.8. The normalized spacial score (nSPS) is 10.6. The average Bonchev–Trinajstić information content (AvgIpc) is 3.09. The van der Waals surface area contributed by atoms with Gasteiger partial charge in [-0.25, -0.2) is 4.39 Å². The maximum Gasteiger partial charge on any atom is 0.220 e. The molecule has 3 rings (SSSR count). The van der Waals surface area contributed by atoms with Crippen LogP contribution in [-0.4, -0.2) is 26.2 Å². The van der Waals surface area contributed by atoms with E-state index in [4.69, 9.17) is 0 Å². The largest absolute Gasteiger partial charge is 0.278 e. The fourth-order valence-corrected chi connectivity index (χ4v) is 3.27. The van der Waals surface area contributed by atoms with Crippen molar-refractivity contribution in [2.75, 3.05) is 4.90 Å². The second-order valence-corrected chi connectivity index (χ2v) is 5.74. The molecule has 0 radical (unpaired) electrons. The number of aromatic nitrogens is 4. The molecule has 2 heterocycles. The van der Waals surface area contributed by atoms with Crippen molar-refractivity contribution in [2.24, 2.45) is 0 Å². The number of carbonyl (C=O) groups is 1. The van der Waals surface area contributed by atoms with Gasteiger partial charge in [0.1, 0.15) is 10.7 Å². The summed E-state index contributed by atoms with van der Waals surface area (Å²) in [5, 5.41) is 12.9. The van der Waals surface area contributed by atoms with Crippen molar-refractivity contribution in [3.8, 4) is 9.88 Å². The van der Waals surface area contributed by atoms with E-state index in [9.17, 15) is 9.18 Å². The van der Waals surface area contributed by atoms with Gasteiger partial charge in [0, 0.05) is 0 Å². The minimum Gasteiger partial charge on any atom is -0.278 e. The highest BCUT2D eigenvalue weighted by Crippen LogP contribution is 2.34. The van der Waals surface area contributed by atoms with Crippen LogP contribution in [0, 0.1) is 12.7 Å². The molecule has 0 atom stereocenters. The van der Waals surface area contributed by atoms with Crippen molar-refractivity contribution < 1.29 is 9.18 Å². The van der Waals surface area contributed by atoms with Crippen LogP contribution in [0.3, 0.4) is 0 Å². The molecule has 0 aliphatic heterocycles. The van der Waals surface area contributed by atoms with Crippen molar-refractivity contribution in [3.05, 3.63) is 35.8 Å². The van der Waals surface area contributed by atoms with Crippen LogP contribution in [0.4, 0.5) is 15.2 Å². The predicted octanol–water partition coefficient (Wildman–Crippen LogP) is 2.80. The summed E-state index contributed by atoms with van der Waals surface area (Å²) in [6, 6.07) is 5.72. The maximum absolute atomic E-state index is 13.3. The molecule has 0 aliphatic rings. The summed E-state index contributed by atoms with van der Waals surface area (Å²) >= 11 is 2.43. The molecule has 0 unspecified atom stereocenters. The molecule has 6 nitrogen and oxygen atoms in total. The Morgan fingerprint density at radius 3 is 2.81 bits per heavy atom. The van der Waals surface area contributed by atoms with Crippen LogP contribution in [0.5, 0.6) is 0 Å². The van der Waals surface area contributed by atoms with Gasteiger partial charge in [-0.05, 0) is 36.7 Å². The number of aryl methyl sites for hydroxylation is 1. The second-order valence-electron chi connectivity index (χ2n) is 4.03. The third kappa shape index (κ3) is 2.65. The van der Waals surface area contributed by atoms with E-state index in [1.54, 1.807) is 6.07 Å². The molecule has 106 valence electrons. The lowest BCUT2D eigenvalue weighted by molar-refractivity contribution is -0.106. The first-order valence-corrected chi connectivity index (χ1v) is 7.41. The van der Waals surface area contributed by atoms with Crippen molar-refractivity contribution >= 4 is 40.1 Å². The number of nitrogens with zero attached hydrogens (tertiary/aromatic N) is 5. The standard InChI is InChI=1S/C12H8FN5OS2/c1-7-10(21-17-14-7)11-15-16-12(20-11)18(6-19)9-4-2-3-8(13)5-9/h2-6H,1H3. The smallest absolute Gasteiger partial charge is 0.220 e. The first-order chi connectivity index (χ1) is 10.2. The summed E-state index contributed by atoms with van der Waals surface area (Å²) in [4.78, 5) is 13.4. The van der Waals surface area contributed by atoms with Crippen LogP contribution in [-0.2, 0) is 4.79 Å². The van der Waals surface area contributed by atoms with Crippen molar-refractivity contribution in [1.82, 2.24) is 19.8 Å². The Morgan fingerprint density at radius 1 is 1.29 bits per heavy atom. The molecule has 0 spiro atoms. The molecule has 0 saturated heterocycles. The molecule has 0 bridgehead atoms. The number of carbonyl (C=O) groups excluding carboxylic acids is 1. The van der Waals surface area contributed by atoms with Gasteiger partial charge in [-0.15, -0.1) is 15.3 Å². The van der Waals surface area contributed by atoms with Crippen LogP contribution >= 0.6 is 22.9 Å². The van der Waals surface area contributed by atoms with Crippen LogP contribution in [0.1, 0.15) is 5.69 Å². The van der Waals surface area contributed by atoms with Gasteiger partial charge in [0.05, 0.1) is 11.4 Å². The number of benzene rings is 1. The van der Waals surface area contributed by atoms with Crippen molar-refractivity contribution in [1.29, 1.82) is 0 Å². The van der Waals surface area contributed by atoms with Gasteiger partial charge in [-0.1, -0.05) is 21.9 Å². The minimum absolute atomic E-state index is 0.360. The number of rotatable bonds is 4. The van der Waals surface area contributed by atoms with Crippen LogP contribution < -0.4 is 4.90 Å².